The lowest BCUT2D eigenvalue weighted by Crippen LogP contribution is -2.42. The van der Waals surface area contributed by atoms with Crippen LogP contribution in [-0.2, 0) is 14.8 Å². The first-order valence-electron chi connectivity index (χ1n) is 11.4. The van der Waals surface area contributed by atoms with E-state index in [2.05, 4.69) is 19.2 Å². The maximum absolute atomic E-state index is 13.7. The molecule has 0 aromatic heterocycles. The van der Waals surface area contributed by atoms with Gasteiger partial charge in [-0.3, -0.25) is 9.10 Å². The van der Waals surface area contributed by atoms with Gasteiger partial charge in [0.25, 0.3) is 10.0 Å². The van der Waals surface area contributed by atoms with Crippen LogP contribution in [-0.4, -0.2) is 28.0 Å². The quantitative estimate of drug-likeness (QED) is 0.373. The summed E-state index contributed by atoms with van der Waals surface area (Å²) in [4.78, 5) is 13.4. The van der Waals surface area contributed by atoms with Gasteiger partial charge >= 0.3 is 0 Å². The van der Waals surface area contributed by atoms with E-state index in [1.807, 2.05) is 37.3 Å². The van der Waals surface area contributed by atoms with Gasteiger partial charge in [0.2, 0.25) is 5.91 Å². The van der Waals surface area contributed by atoms with Crippen molar-refractivity contribution in [1.82, 2.24) is 5.32 Å². The summed E-state index contributed by atoms with van der Waals surface area (Å²) >= 11 is 6.22. The summed E-state index contributed by atoms with van der Waals surface area (Å²) in [5, 5.41) is 3.36. The number of carbonyl (C=O) groups is 1. The molecule has 8 heteroatoms. The molecule has 3 aromatic carbocycles. The maximum Gasteiger partial charge on any atom is 0.264 e. The van der Waals surface area contributed by atoms with Crippen molar-refractivity contribution in [3.8, 4) is 5.75 Å². The molecular formula is C27H31ClN2O4S. The normalized spacial score (nSPS) is 12.3. The van der Waals surface area contributed by atoms with Gasteiger partial charge in [0.05, 0.1) is 23.7 Å². The number of hydrogen-bond donors (Lipinski definition) is 1. The Kier molecular flexibility index (Phi) is 8.81. The molecule has 0 spiro atoms. The number of benzene rings is 3. The molecular weight excluding hydrogens is 484 g/mol. The van der Waals surface area contributed by atoms with E-state index in [4.69, 9.17) is 16.3 Å². The molecule has 1 amide bonds. The number of amides is 1. The maximum atomic E-state index is 13.7. The Bertz CT molecular complexity index is 1250. The zero-order chi connectivity index (χ0) is 25.6. The Labute approximate surface area is 212 Å². The fraction of sp³-hybridized carbons (Fsp3) is 0.296. The minimum absolute atomic E-state index is 0.0692. The van der Waals surface area contributed by atoms with Crippen LogP contribution < -0.4 is 14.4 Å². The van der Waals surface area contributed by atoms with Crippen LogP contribution in [0.5, 0.6) is 5.75 Å². The number of nitrogens with zero attached hydrogens (tertiary/aromatic N) is 1. The fourth-order valence-electron chi connectivity index (χ4n) is 3.80. The van der Waals surface area contributed by atoms with Gasteiger partial charge in [-0.25, -0.2) is 8.42 Å². The summed E-state index contributed by atoms with van der Waals surface area (Å²) in [5.41, 5.74) is 2.08. The van der Waals surface area contributed by atoms with Gasteiger partial charge < -0.3 is 10.1 Å². The SMILES string of the molecule is COc1ccc(Cl)cc1N(CC(=O)N[C@H](CC(C)C)c1ccccc1)S(=O)(=O)c1ccc(C)cc1. The van der Waals surface area contributed by atoms with Crippen molar-refractivity contribution in [2.45, 2.75) is 38.1 Å². The van der Waals surface area contributed by atoms with E-state index >= 15 is 0 Å². The summed E-state index contributed by atoms with van der Waals surface area (Å²) in [7, 11) is -2.66. The van der Waals surface area contributed by atoms with Gasteiger partial charge in [-0.15, -0.1) is 0 Å². The third kappa shape index (κ3) is 6.77. The number of sulfonamides is 1. The van der Waals surface area contributed by atoms with Crippen molar-refractivity contribution in [1.29, 1.82) is 0 Å². The molecule has 0 aliphatic heterocycles. The number of aryl methyl sites for hydroxylation is 1. The molecule has 35 heavy (non-hydrogen) atoms. The Morgan fingerprint density at radius 3 is 2.29 bits per heavy atom. The second-order valence-electron chi connectivity index (χ2n) is 8.80. The predicted molar refractivity (Wildman–Crippen MR) is 140 cm³/mol. The third-order valence-corrected chi connectivity index (χ3v) is 7.56. The highest BCUT2D eigenvalue weighted by atomic mass is 35.5. The number of anilines is 1. The van der Waals surface area contributed by atoms with Crippen LogP contribution in [0, 0.1) is 12.8 Å². The molecule has 3 aromatic rings. The van der Waals surface area contributed by atoms with Crippen LogP contribution in [0.15, 0.2) is 77.7 Å². The van der Waals surface area contributed by atoms with Crippen LogP contribution >= 0.6 is 11.6 Å². The van der Waals surface area contributed by atoms with Crippen LogP contribution in [0.25, 0.3) is 0 Å². The van der Waals surface area contributed by atoms with Crippen LogP contribution in [0.2, 0.25) is 5.02 Å². The summed E-state index contributed by atoms with van der Waals surface area (Å²) in [5.74, 6) is 0.179. The van der Waals surface area contributed by atoms with Crippen molar-refractivity contribution < 1.29 is 17.9 Å². The van der Waals surface area contributed by atoms with Crippen molar-refractivity contribution >= 4 is 33.2 Å². The van der Waals surface area contributed by atoms with Gasteiger partial charge in [0, 0.05) is 5.02 Å². The monoisotopic (exact) mass is 514 g/mol. The smallest absolute Gasteiger partial charge is 0.264 e. The van der Waals surface area contributed by atoms with E-state index < -0.39 is 22.5 Å². The summed E-state index contributed by atoms with van der Waals surface area (Å²) in [6.45, 7) is 5.59. The number of rotatable bonds is 10. The highest BCUT2D eigenvalue weighted by Gasteiger charge is 2.30. The summed E-state index contributed by atoms with van der Waals surface area (Å²) < 4.78 is 34.0. The average molecular weight is 515 g/mol. The number of halogens is 1. The second-order valence-corrected chi connectivity index (χ2v) is 11.1. The lowest BCUT2D eigenvalue weighted by Gasteiger charge is -2.27. The van der Waals surface area contributed by atoms with Crippen LogP contribution in [0.1, 0.15) is 37.4 Å². The zero-order valence-electron chi connectivity index (χ0n) is 20.4. The van der Waals surface area contributed by atoms with Gasteiger partial charge in [-0.1, -0.05) is 73.5 Å². The topological polar surface area (TPSA) is 75.7 Å². The van der Waals surface area contributed by atoms with E-state index in [0.717, 1.165) is 15.4 Å². The molecule has 1 N–H and O–H groups in total. The Morgan fingerprint density at radius 1 is 1.03 bits per heavy atom. The summed E-state index contributed by atoms with van der Waals surface area (Å²) in [6, 6.07) is 20.6. The van der Waals surface area contributed by atoms with E-state index in [9.17, 15) is 13.2 Å². The first kappa shape index (κ1) is 26.6. The Hall–Kier alpha value is -3.03. The molecule has 0 bridgehead atoms. The van der Waals surface area contributed by atoms with Crippen LogP contribution in [0.4, 0.5) is 5.69 Å². The zero-order valence-corrected chi connectivity index (χ0v) is 21.9. The lowest BCUT2D eigenvalue weighted by molar-refractivity contribution is -0.120. The molecule has 0 heterocycles. The first-order valence-corrected chi connectivity index (χ1v) is 13.2. The number of methoxy groups -OCH3 is 1. The lowest BCUT2D eigenvalue weighted by atomic mass is 9.97. The van der Waals surface area contributed by atoms with Crippen molar-refractivity contribution in [3.63, 3.8) is 0 Å². The average Bonchev–Trinajstić information content (AvgIpc) is 2.82. The molecule has 0 aliphatic carbocycles. The molecule has 186 valence electrons. The van der Waals surface area contributed by atoms with E-state index in [-0.39, 0.29) is 16.6 Å². The van der Waals surface area contributed by atoms with Gasteiger partial charge in [0.1, 0.15) is 12.3 Å². The molecule has 0 fully saturated rings. The molecule has 3 rings (SSSR count). The van der Waals surface area contributed by atoms with Crippen molar-refractivity contribution in [2.24, 2.45) is 5.92 Å². The fourth-order valence-corrected chi connectivity index (χ4v) is 5.39. The molecule has 0 aliphatic rings. The predicted octanol–water partition coefficient (Wildman–Crippen LogP) is 5.76. The minimum atomic E-state index is -4.10. The molecule has 0 radical (unpaired) electrons. The molecule has 0 saturated carbocycles. The summed E-state index contributed by atoms with van der Waals surface area (Å²) in [6.07, 6.45) is 0.709. The Balaban J connectivity index is 2.00. The number of hydrogen-bond acceptors (Lipinski definition) is 4. The first-order chi connectivity index (χ1) is 16.6. The molecule has 1 atom stereocenters. The van der Waals surface area contributed by atoms with Gasteiger partial charge in [-0.2, -0.15) is 0 Å². The van der Waals surface area contributed by atoms with E-state index in [1.54, 1.807) is 24.3 Å². The van der Waals surface area contributed by atoms with Gasteiger partial charge in [-0.05, 0) is 55.2 Å². The highest BCUT2D eigenvalue weighted by molar-refractivity contribution is 7.92. The largest absolute Gasteiger partial charge is 0.495 e. The standard InChI is InChI=1S/C27H31ClN2O4S/c1-19(2)16-24(21-8-6-5-7-9-21)29-27(31)18-30(25-17-22(28)12-15-26(25)34-4)35(32,33)23-13-10-20(3)11-14-23/h5-15,17,19,24H,16,18H2,1-4H3,(H,29,31)/t24-/m1/s1. The Morgan fingerprint density at radius 2 is 1.69 bits per heavy atom. The number of carbonyl (C=O) groups excluding carboxylic acids is 1. The van der Waals surface area contributed by atoms with E-state index in [0.29, 0.717) is 23.1 Å². The highest BCUT2D eigenvalue weighted by Crippen LogP contribution is 2.35. The van der Waals surface area contributed by atoms with Crippen LogP contribution in [0.3, 0.4) is 0 Å². The molecule has 6 nitrogen and oxygen atoms in total. The molecule has 0 saturated heterocycles. The molecule has 0 unspecified atom stereocenters. The van der Waals surface area contributed by atoms with Crippen molar-refractivity contribution in [2.75, 3.05) is 18.0 Å². The second kappa shape index (κ2) is 11.6. The van der Waals surface area contributed by atoms with E-state index in [1.165, 1.54) is 25.3 Å². The number of nitrogens with one attached hydrogen (secondary N) is 1. The van der Waals surface area contributed by atoms with Crippen molar-refractivity contribution in [3.05, 3.63) is 88.9 Å². The third-order valence-electron chi connectivity index (χ3n) is 5.55. The minimum Gasteiger partial charge on any atom is -0.495 e. The number of ether oxygens (including phenoxy) is 1. The van der Waals surface area contributed by atoms with Gasteiger partial charge in [0.15, 0.2) is 0 Å².